The topological polar surface area (TPSA) is 79.5 Å². The molecule has 0 saturated carbocycles. The molecule has 0 radical (unpaired) electrons. The van der Waals surface area contributed by atoms with E-state index < -0.39 is 15.5 Å². The van der Waals surface area contributed by atoms with Gasteiger partial charge in [0.25, 0.3) is 0 Å². The summed E-state index contributed by atoms with van der Waals surface area (Å²) in [5, 5.41) is 0. The molecule has 7 heteroatoms. The van der Waals surface area contributed by atoms with E-state index in [0.29, 0.717) is 0 Å². The van der Waals surface area contributed by atoms with Gasteiger partial charge < -0.3 is 9.72 Å². The van der Waals surface area contributed by atoms with Gasteiger partial charge in [-0.15, -0.1) is 0 Å². The average Bonchev–Trinajstić information content (AvgIpc) is 2.28. The third-order valence-corrected chi connectivity index (χ3v) is 4.21. The Balaban J connectivity index is 2.81. The molecule has 18 heavy (non-hydrogen) atoms. The molecule has 0 aliphatic heterocycles. The first-order chi connectivity index (χ1) is 8.35. The van der Waals surface area contributed by atoms with Crippen molar-refractivity contribution in [2.24, 2.45) is 0 Å². The molecular weight excluding hydrogens is 256 g/mol. The SMILES string of the molecule is CC(C)OCCN(C)S(=O)(=O)c1c[nH]ccc1=O. The quantitative estimate of drug-likeness (QED) is 0.815. The molecule has 1 rings (SSSR count). The van der Waals surface area contributed by atoms with Gasteiger partial charge in [-0.25, -0.2) is 8.42 Å². The Hall–Kier alpha value is -1.18. The van der Waals surface area contributed by atoms with Crippen molar-refractivity contribution in [3.05, 3.63) is 28.7 Å². The van der Waals surface area contributed by atoms with Crippen molar-refractivity contribution in [2.45, 2.75) is 24.8 Å². The zero-order valence-electron chi connectivity index (χ0n) is 10.7. The Labute approximate surface area is 107 Å². The number of nitrogens with one attached hydrogen (secondary N) is 1. The maximum absolute atomic E-state index is 12.1. The fourth-order valence-corrected chi connectivity index (χ4v) is 2.50. The summed E-state index contributed by atoms with van der Waals surface area (Å²) >= 11 is 0. The molecule has 0 aromatic carbocycles. The first kappa shape index (κ1) is 14.9. The van der Waals surface area contributed by atoms with Crippen molar-refractivity contribution in [3.8, 4) is 0 Å². The third kappa shape index (κ3) is 3.66. The van der Waals surface area contributed by atoms with Crippen LogP contribution in [0.4, 0.5) is 0 Å². The zero-order chi connectivity index (χ0) is 13.8. The van der Waals surface area contributed by atoms with Gasteiger partial charge in [-0.1, -0.05) is 0 Å². The maximum Gasteiger partial charge on any atom is 0.248 e. The van der Waals surface area contributed by atoms with E-state index in [4.69, 9.17) is 4.74 Å². The number of aromatic amines is 1. The Morgan fingerprint density at radius 1 is 1.44 bits per heavy atom. The lowest BCUT2D eigenvalue weighted by Crippen LogP contribution is -2.33. The van der Waals surface area contributed by atoms with E-state index in [1.807, 2.05) is 13.8 Å². The number of rotatable bonds is 6. The highest BCUT2D eigenvalue weighted by atomic mass is 32.2. The van der Waals surface area contributed by atoms with Gasteiger partial charge in [0, 0.05) is 32.1 Å². The minimum absolute atomic E-state index is 0.0428. The van der Waals surface area contributed by atoms with Crippen LogP contribution in [0.1, 0.15) is 13.8 Å². The molecule has 102 valence electrons. The van der Waals surface area contributed by atoms with Gasteiger partial charge in [-0.05, 0) is 13.8 Å². The predicted octanol–water partition coefficient (Wildman–Crippen LogP) is 0.420. The highest BCUT2D eigenvalue weighted by Gasteiger charge is 2.23. The van der Waals surface area contributed by atoms with E-state index in [2.05, 4.69) is 4.98 Å². The maximum atomic E-state index is 12.1. The van der Waals surface area contributed by atoms with E-state index in [1.54, 1.807) is 0 Å². The van der Waals surface area contributed by atoms with Crippen LogP contribution in [-0.2, 0) is 14.8 Å². The minimum Gasteiger partial charge on any atom is -0.377 e. The summed E-state index contributed by atoms with van der Waals surface area (Å²) in [5.74, 6) is 0. The van der Waals surface area contributed by atoms with Gasteiger partial charge in [0.1, 0.15) is 4.90 Å². The summed E-state index contributed by atoms with van der Waals surface area (Å²) in [6.07, 6.45) is 2.63. The van der Waals surface area contributed by atoms with Gasteiger partial charge in [-0.2, -0.15) is 4.31 Å². The van der Waals surface area contributed by atoms with Crippen molar-refractivity contribution in [2.75, 3.05) is 20.2 Å². The standard InChI is InChI=1S/C11H18N2O4S/c1-9(2)17-7-6-13(3)18(15,16)11-8-12-5-4-10(11)14/h4-5,8-9H,6-7H2,1-3H3,(H,12,14). The first-order valence-corrected chi connectivity index (χ1v) is 7.04. The van der Waals surface area contributed by atoms with Gasteiger partial charge in [0.2, 0.25) is 15.5 Å². The second-order valence-electron chi connectivity index (χ2n) is 4.12. The minimum atomic E-state index is -3.76. The molecule has 0 atom stereocenters. The average molecular weight is 274 g/mol. The predicted molar refractivity (Wildman–Crippen MR) is 68.0 cm³/mol. The summed E-state index contributed by atoms with van der Waals surface area (Å²) in [6, 6.07) is 1.19. The molecule has 0 saturated heterocycles. The molecule has 1 heterocycles. The Kier molecular flexibility index (Phi) is 5.06. The van der Waals surface area contributed by atoms with E-state index in [0.717, 1.165) is 4.31 Å². The van der Waals surface area contributed by atoms with E-state index in [9.17, 15) is 13.2 Å². The molecule has 0 aliphatic rings. The lowest BCUT2D eigenvalue weighted by Gasteiger charge is -2.17. The lowest BCUT2D eigenvalue weighted by atomic mass is 10.5. The van der Waals surface area contributed by atoms with Crippen LogP contribution in [0.25, 0.3) is 0 Å². The number of H-pyrrole nitrogens is 1. The molecule has 0 bridgehead atoms. The molecular formula is C11H18N2O4S. The van der Waals surface area contributed by atoms with Gasteiger partial charge >= 0.3 is 0 Å². The molecule has 0 spiro atoms. The highest BCUT2D eigenvalue weighted by Crippen LogP contribution is 2.08. The highest BCUT2D eigenvalue weighted by molar-refractivity contribution is 7.89. The summed E-state index contributed by atoms with van der Waals surface area (Å²) in [7, 11) is -2.34. The van der Waals surface area contributed by atoms with E-state index >= 15 is 0 Å². The molecule has 6 nitrogen and oxygen atoms in total. The van der Waals surface area contributed by atoms with Gasteiger partial charge in [0.15, 0.2) is 0 Å². The lowest BCUT2D eigenvalue weighted by molar-refractivity contribution is 0.0737. The van der Waals surface area contributed by atoms with E-state index in [-0.39, 0.29) is 24.2 Å². The van der Waals surface area contributed by atoms with Crippen molar-refractivity contribution < 1.29 is 13.2 Å². The number of likely N-dealkylation sites (N-methyl/N-ethyl adjacent to an activating group) is 1. The van der Waals surface area contributed by atoms with Crippen LogP contribution in [0.2, 0.25) is 0 Å². The fourth-order valence-electron chi connectivity index (χ4n) is 1.31. The number of pyridine rings is 1. The Morgan fingerprint density at radius 2 is 2.11 bits per heavy atom. The summed E-state index contributed by atoms with van der Waals surface area (Å²) in [6.45, 7) is 4.24. The molecule has 0 aliphatic carbocycles. The van der Waals surface area contributed by atoms with Crippen LogP contribution >= 0.6 is 0 Å². The number of nitrogens with zero attached hydrogens (tertiary/aromatic N) is 1. The monoisotopic (exact) mass is 274 g/mol. The number of hydrogen-bond donors (Lipinski definition) is 1. The van der Waals surface area contributed by atoms with Crippen molar-refractivity contribution in [1.29, 1.82) is 0 Å². The summed E-state index contributed by atoms with van der Waals surface area (Å²) in [4.78, 5) is 13.8. The second-order valence-corrected chi connectivity index (χ2v) is 6.13. The van der Waals surface area contributed by atoms with Crippen LogP contribution in [0.5, 0.6) is 0 Å². The number of ether oxygens (including phenoxy) is 1. The van der Waals surface area contributed by atoms with Crippen molar-refractivity contribution in [1.82, 2.24) is 9.29 Å². The molecule has 1 N–H and O–H groups in total. The number of sulfonamides is 1. The first-order valence-electron chi connectivity index (χ1n) is 5.60. The van der Waals surface area contributed by atoms with Crippen LogP contribution in [0.15, 0.2) is 28.2 Å². The molecule has 0 fully saturated rings. The normalized spacial score (nSPS) is 12.3. The molecule has 1 aromatic heterocycles. The summed E-state index contributed by atoms with van der Waals surface area (Å²) in [5.41, 5.74) is -0.523. The van der Waals surface area contributed by atoms with Crippen LogP contribution in [0, 0.1) is 0 Å². The summed E-state index contributed by atoms with van der Waals surface area (Å²) < 4.78 is 30.6. The van der Waals surface area contributed by atoms with Crippen LogP contribution in [0.3, 0.4) is 0 Å². The molecule has 0 amide bonds. The second kappa shape index (κ2) is 6.12. The largest absolute Gasteiger partial charge is 0.377 e. The van der Waals surface area contributed by atoms with Crippen molar-refractivity contribution in [3.63, 3.8) is 0 Å². The number of aromatic nitrogens is 1. The van der Waals surface area contributed by atoms with Crippen LogP contribution < -0.4 is 5.43 Å². The fraction of sp³-hybridized carbons (Fsp3) is 0.545. The Bertz CT molecular complexity index is 536. The zero-order valence-corrected chi connectivity index (χ0v) is 11.5. The Morgan fingerprint density at radius 3 is 2.67 bits per heavy atom. The third-order valence-electron chi connectivity index (χ3n) is 2.33. The van der Waals surface area contributed by atoms with Gasteiger partial charge in [0.05, 0.1) is 12.7 Å². The van der Waals surface area contributed by atoms with Crippen LogP contribution in [-0.4, -0.2) is 44.0 Å². The number of hydrogen-bond acceptors (Lipinski definition) is 4. The van der Waals surface area contributed by atoms with Gasteiger partial charge in [-0.3, -0.25) is 4.79 Å². The molecule has 0 unspecified atom stereocenters. The molecule has 1 aromatic rings. The smallest absolute Gasteiger partial charge is 0.248 e. The van der Waals surface area contributed by atoms with Crippen molar-refractivity contribution >= 4 is 10.0 Å². The van der Waals surface area contributed by atoms with E-state index in [1.165, 1.54) is 25.5 Å².